The second-order valence-corrected chi connectivity index (χ2v) is 3.33. The van der Waals surface area contributed by atoms with E-state index in [2.05, 4.69) is 10.6 Å². The van der Waals surface area contributed by atoms with Crippen LogP contribution in [0.15, 0.2) is 0 Å². The van der Waals surface area contributed by atoms with Crippen molar-refractivity contribution in [2.45, 2.75) is 19.8 Å². The summed E-state index contributed by atoms with van der Waals surface area (Å²) in [6, 6.07) is 0. The maximum Gasteiger partial charge on any atom is 0.216 e. The summed E-state index contributed by atoms with van der Waals surface area (Å²) in [5, 5.41) is 5.89. The number of carbonyl (C=O) groups excluding carboxylic acids is 1. The van der Waals surface area contributed by atoms with Crippen molar-refractivity contribution in [1.82, 2.24) is 10.6 Å². The maximum absolute atomic E-state index is 10.5. The van der Waals surface area contributed by atoms with E-state index in [-0.39, 0.29) is 5.91 Å². The highest BCUT2D eigenvalue weighted by molar-refractivity contribution is 7.80. The molecule has 0 rings (SSSR count). The van der Waals surface area contributed by atoms with E-state index >= 15 is 0 Å². The summed E-state index contributed by atoms with van der Waals surface area (Å²) in [5.74, 6) is 0.0168. The third-order valence-electron chi connectivity index (χ3n) is 1.45. The van der Waals surface area contributed by atoms with E-state index < -0.39 is 0 Å². The lowest BCUT2D eigenvalue weighted by molar-refractivity contribution is -0.118. The van der Waals surface area contributed by atoms with Gasteiger partial charge in [-0.3, -0.25) is 4.79 Å². The summed E-state index contributed by atoms with van der Waals surface area (Å²) in [7, 11) is 0. The summed E-state index contributed by atoms with van der Waals surface area (Å²) in [5.41, 5.74) is 5.31. The van der Waals surface area contributed by atoms with E-state index in [1.807, 2.05) is 0 Å². The molecule has 0 spiro atoms. The molecule has 76 valence electrons. The number of amides is 1. The van der Waals surface area contributed by atoms with Crippen LogP contribution in [0.4, 0.5) is 0 Å². The van der Waals surface area contributed by atoms with Crippen molar-refractivity contribution >= 4 is 23.1 Å². The molecule has 0 unspecified atom stereocenters. The molecule has 0 aliphatic carbocycles. The fourth-order valence-corrected chi connectivity index (χ4v) is 0.916. The van der Waals surface area contributed by atoms with Crippen molar-refractivity contribution in [1.29, 1.82) is 0 Å². The molecule has 5 heteroatoms. The van der Waals surface area contributed by atoms with E-state index in [0.717, 1.165) is 32.5 Å². The Kier molecular flexibility index (Phi) is 7.53. The zero-order valence-electron chi connectivity index (χ0n) is 7.93. The molecule has 0 saturated heterocycles. The van der Waals surface area contributed by atoms with Gasteiger partial charge in [-0.2, -0.15) is 0 Å². The Labute approximate surface area is 84.3 Å². The van der Waals surface area contributed by atoms with E-state index in [0.29, 0.717) is 4.99 Å². The minimum absolute atomic E-state index is 0.0168. The highest BCUT2D eigenvalue weighted by Gasteiger charge is 1.91. The number of nitrogens with two attached hydrogens (primary N) is 1. The molecule has 0 aliphatic heterocycles. The van der Waals surface area contributed by atoms with Gasteiger partial charge in [0.1, 0.15) is 0 Å². The summed E-state index contributed by atoms with van der Waals surface area (Å²) in [6.45, 7) is 3.92. The minimum atomic E-state index is 0.0168. The van der Waals surface area contributed by atoms with Crippen LogP contribution in [-0.2, 0) is 4.79 Å². The van der Waals surface area contributed by atoms with Crippen LogP contribution in [0.5, 0.6) is 0 Å². The van der Waals surface area contributed by atoms with Crippen molar-refractivity contribution in [2.24, 2.45) is 5.73 Å². The molecule has 4 N–H and O–H groups in total. The quantitative estimate of drug-likeness (QED) is 0.395. The molecule has 0 atom stereocenters. The van der Waals surface area contributed by atoms with Gasteiger partial charge >= 0.3 is 0 Å². The Morgan fingerprint density at radius 1 is 1.38 bits per heavy atom. The molecule has 0 aromatic rings. The van der Waals surface area contributed by atoms with Gasteiger partial charge < -0.3 is 16.4 Å². The summed E-state index contributed by atoms with van der Waals surface area (Å²) < 4.78 is 0. The predicted molar refractivity (Wildman–Crippen MR) is 57.6 cm³/mol. The molecule has 0 bridgehead atoms. The Morgan fingerprint density at radius 2 is 2.08 bits per heavy atom. The number of rotatable bonds is 7. The van der Waals surface area contributed by atoms with Crippen molar-refractivity contribution in [2.75, 3.05) is 19.6 Å². The second-order valence-electron chi connectivity index (χ2n) is 2.80. The lowest BCUT2D eigenvalue weighted by atomic mass is 10.4. The number of nitrogens with one attached hydrogen (secondary N) is 2. The van der Waals surface area contributed by atoms with Gasteiger partial charge in [0.15, 0.2) is 0 Å². The number of hydrogen-bond donors (Lipinski definition) is 3. The molecule has 13 heavy (non-hydrogen) atoms. The fraction of sp³-hybridized carbons (Fsp3) is 0.750. The van der Waals surface area contributed by atoms with Crippen LogP contribution in [0.3, 0.4) is 0 Å². The molecule has 0 fully saturated rings. The van der Waals surface area contributed by atoms with Gasteiger partial charge in [-0.05, 0) is 13.0 Å². The van der Waals surface area contributed by atoms with E-state index in [1.54, 1.807) is 0 Å². The third-order valence-corrected chi connectivity index (χ3v) is 1.66. The van der Waals surface area contributed by atoms with Crippen LogP contribution in [0.2, 0.25) is 0 Å². The number of hydrogen-bond acceptors (Lipinski definition) is 3. The predicted octanol–water partition coefficient (Wildman–Crippen LogP) is -0.222. The van der Waals surface area contributed by atoms with E-state index in [1.165, 1.54) is 6.92 Å². The normalized spacial score (nSPS) is 9.62. The zero-order valence-corrected chi connectivity index (χ0v) is 8.75. The highest BCUT2D eigenvalue weighted by Crippen LogP contribution is 1.78. The standard InChI is InChI=1S/C8H17N3OS/c1-7(12)11-5-2-4-10-6-3-8(9)13/h10H,2-6H2,1H3,(H2,9,13)(H,11,12). The largest absolute Gasteiger partial charge is 0.393 e. The topological polar surface area (TPSA) is 67.2 Å². The van der Waals surface area contributed by atoms with E-state index in [4.69, 9.17) is 18.0 Å². The van der Waals surface area contributed by atoms with Crippen LogP contribution in [-0.4, -0.2) is 30.5 Å². The molecular formula is C8H17N3OS. The third kappa shape index (κ3) is 11.3. The summed E-state index contributed by atoms with van der Waals surface area (Å²) in [4.78, 5) is 11.0. The molecule has 4 nitrogen and oxygen atoms in total. The molecule has 0 aromatic heterocycles. The average Bonchev–Trinajstić information content (AvgIpc) is 2.01. The number of thiocarbonyl (C=S) groups is 1. The first kappa shape index (κ1) is 12.3. The summed E-state index contributed by atoms with van der Waals surface area (Å²) >= 11 is 4.71. The lowest BCUT2D eigenvalue weighted by Gasteiger charge is -2.04. The number of carbonyl (C=O) groups is 1. The Balaban J connectivity index is 3.00. The molecule has 1 amide bonds. The molecular weight excluding hydrogens is 186 g/mol. The van der Waals surface area contributed by atoms with Crippen LogP contribution in [0.1, 0.15) is 19.8 Å². The van der Waals surface area contributed by atoms with Crippen LogP contribution >= 0.6 is 12.2 Å². The first-order valence-electron chi connectivity index (χ1n) is 4.36. The molecule has 0 radical (unpaired) electrons. The van der Waals surface area contributed by atoms with Crippen LogP contribution < -0.4 is 16.4 Å². The van der Waals surface area contributed by atoms with Crippen molar-refractivity contribution in [3.63, 3.8) is 0 Å². The summed E-state index contributed by atoms with van der Waals surface area (Å²) in [6.07, 6.45) is 1.66. The second kappa shape index (κ2) is 7.94. The van der Waals surface area contributed by atoms with Gasteiger partial charge in [0.2, 0.25) is 5.91 Å². The average molecular weight is 203 g/mol. The van der Waals surface area contributed by atoms with Gasteiger partial charge in [0, 0.05) is 26.4 Å². The zero-order chi connectivity index (χ0) is 10.1. The fourth-order valence-electron chi connectivity index (χ4n) is 0.814. The Morgan fingerprint density at radius 3 is 2.62 bits per heavy atom. The SMILES string of the molecule is CC(=O)NCCCNCCC(N)=S. The van der Waals surface area contributed by atoms with Crippen molar-refractivity contribution in [3.05, 3.63) is 0 Å². The van der Waals surface area contributed by atoms with E-state index in [9.17, 15) is 4.79 Å². The molecule has 0 aromatic carbocycles. The van der Waals surface area contributed by atoms with Crippen LogP contribution in [0, 0.1) is 0 Å². The molecule has 0 saturated carbocycles. The van der Waals surface area contributed by atoms with Gasteiger partial charge in [0.25, 0.3) is 0 Å². The lowest BCUT2D eigenvalue weighted by Crippen LogP contribution is -2.26. The molecule has 0 heterocycles. The van der Waals surface area contributed by atoms with Gasteiger partial charge in [0.05, 0.1) is 4.99 Å². The first-order chi connectivity index (χ1) is 6.13. The highest BCUT2D eigenvalue weighted by atomic mass is 32.1. The first-order valence-corrected chi connectivity index (χ1v) is 4.77. The Bertz CT molecular complexity index is 155. The van der Waals surface area contributed by atoms with Gasteiger partial charge in [-0.1, -0.05) is 12.2 Å². The van der Waals surface area contributed by atoms with Crippen LogP contribution in [0.25, 0.3) is 0 Å². The monoisotopic (exact) mass is 203 g/mol. The minimum Gasteiger partial charge on any atom is -0.393 e. The molecule has 0 aliphatic rings. The van der Waals surface area contributed by atoms with Gasteiger partial charge in [-0.25, -0.2) is 0 Å². The van der Waals surface area contributed by atoms with Gasteiger partial charge in [-0.15, -0.1) is 0 Å². The smallest absolute Gasteiger partial charge is 0.216 e. The van der Waals surface area contributed by atoms with Crippen molar-refractivity contribution in [3.8, 4) is 0 Å². The Hall–Kier alpha value is -0.680. The van der Waals surface area contributed by atoms with Crippen molar-refractivity contribution < 1.29 is 4.79 Å². The maximum atomic E-state index is 10.5.